The van der Waals surface area contributed by atoms with Gasteiger partial charge in [-0.15, -0.1) is 0 Å². The third-order valence-electron chi connectivity index (χ3n) is 3.43. The molecule has 1 aromatic carbocycles. The smallest absolute Gasteiger partial charge is 0.337 e. The van der Waals surface area contributed by atoms with E-state index in [2.05, 4.69) is 16.5 Å². The predicted octanol–water partition coefficient (Wildman–Crippen LogP) is 2.33. The standard InChI is InChI=1S/C13H14N2O2/c1-8-5-6-15-11-4-3-9(13(16)17-2)7-10(11)14-12(8)15/h3-4,7-8H,5-6H2,1-2H3/t8-/m1/s1. The maximum atomic E-state index is 11.4. The molecule has 0 amide bonds. The van der Waals surface area contributed by atoms with Crippen LogP contribution in [0.5, 0.6) is 0 Å². The molecule has 1 aliphatic rings. The van der Waals surface area contributed by atoms with Crippen molar-refractivity contribution in [1.82, 2.24) is 9.55 Å². The Kier molecular flexibility index (Phi) is 2.18. The molecule has 0 unspecified atom stereocenters. The molecule has 1 atom stereocenters. The number of ether oxygens (including phenoxy) is 1. The first kappa shape index (κ1) is 10.3. The first-order valence-corrected chi connectivity index (χ1v) is 5.79. The highest BCUT2D eigenvalue weighted by Crippen LogP contribution is 2.31. The van der Waals surface area contributed by atoms with Crippen molar-refractivity contribution in [1.29, 1.82) is 0 Å². The molecule has 0 saturated carbocycles. The van der Waals surface area contributed by atoms with Crippen LogP contribution in [0.4, 0.5) is 0 Å². The highest BCUT2D eigenvalue weighted by molar-refractivity contribution is 5.93. The van der Waals surface area contributed by atoms with Crippen LogP contribution in [0.1, 0.15) is 35.4 Å². The minimum absolute atomic E-state index is 0.312. The highest BCUT2D eigenvalue weighted by atomic mass is 16.5. The monoisotopic (exact) mass is 230 g/mol. The van der Waals surface area contributed by atoms with Gasteiger partial charge in [0, 0.05) is 12.5 Å². The second kappa shape index (κ2) is 3.58. The number of carbonyl (C=O) groups excluding carboxylic acids is 1. The predicted molar refractivity (Wildman–Crippen MR) is 64.1 cm³/mol. The van der Waals surface area contributed by atoms with Crippen LogP contribution in [0.2, 0.25) is 0 Å². The van der Waals surface area contributed by atoms with Gasteiger partial charge in [0.2, 0.25) is 0 Å². The number of carbonyl (C=O) groups is 1. The summed E-state index contributed by atoms with van der Waals surface area (Å²) in [4.78, 5) is 16.0. The van der Waals surface area contributed by atoms with Gasteiger partial charge in [-0.05, 0) is 24.6 Å². The lowest BCUT2D eigenvalue weighted by molar-refractivity contribution is 0.0601. The molecular weight excluding hydrogens is 216 g/mol. The summed E-state index contributed by atoms with van der Waals surface area (Å²) < 4.78 is 6.95. The Labute approximate surface area is 99.2 Å². The van der Waals surface area contributed by atoms with E-state index in [0.29, 0.717) is 11.5 Å². The fourth-order valence-corrected chi connectivity index (χ4v) is 2.46. The molecule has 2 heterocycles. The molecule has 2 aromatic rings. The number of hydrogen-bond donors (Lipinski definition) is 0. The fourth-order valence-electron chi connectivity index (χ4n) is 2.46. The van der Waals surface area contributed by atoms with E-state index >= 15 is 0 Å². The first-order valence-electron chi connectivity index (χ1n) is 5.79. The Hall–Kier alpha value is -1.84. The molecule has 17 heavy (non-hydrogen) atoms. The minimum atomic E-state index is -0.312. The molecule has 88 valence electrons. The van der Waals surface area contributed by atoms with Crippen LogP contribution in [0, 0.1) is 0 Å². The lowest BCUT2D eigenvalue weighted by Gasteiger charge is -2.00. The molecule has 0 saturated heterocycles. The number of imidazole rings is 1. The maximum absolute atomic E-state index is 11.4. The summed E-state index contributed by atoms with van der Waals surface area (Å²) in [5.41, 5.74) is 2.55. The maximum Gasteiger partial charge on any atom is 0.337 e. The van der Waals surface area contributed by atoms with Gasteiger partial charge in [0.25, 0.3) is 0 Å². The van der Waals surface area contributed by atoms with E-state index in [4.69, 9.17) is 4.74 Å². The van der Waals surface area contributed by atoms with Crippen molar-refractivity contribution in [3.8, 4) is 0 Å². The van der Waals surface area contributed by atoms with Gasteiger partial charge >= 0.3 is 5.97 Å². The number of aromatic nitrogens is 2. The number of methoxy groups -OCH3 is 1. The molecule has 0 spiro atoms. The zero-order chi connectivity index (χ0) is 12.0. The van der Waals surface area contributed by atoms with Crippen LogP contribution in [0.3, 0.4) is 0 Å². The van der Waals surface area contributed by atoms with Gasteiger partial charge in [0.1, 0.15) is 5.82 Å². The molecule has 0 fully saturated rings. The van der Waals surface area contributed by atoms with E-state index in [9.17, 15) is 4.79 Å². The lowest BCUT2D eigenvalue weighted by atomic mass is 10.1. The number of esters is 1. The molecule has 0 N–H and O–H groups in total. The average molecular weight is 230 g/mol. The van der Waals surface area contributed by atoms with E-state index in [1.165, 1.54) is 7.11 Å². The van der Waals surface area contributed by atoms with Crippen molar-refractivity contribution < 1.29 is 9.53 Å². The van der Waals surface area contributed by atoms with Crippen LogP contribution in [0.15, 0.2) is 18.2 Å². The number of benzene rings is 1. The lowest BCUT2D eigenvalue weighted by Crippen LogP contribution is -2.00. The molecule has 4 nitrogen and oxygen atoms in total. The molecule has 4 heteroatoms. The van der Waals surface area contributed by atoms with Gasteiger partial charge in [-0.1, -0.05) is 6.92 Å². The summed E-state index contributed by atoms with van der Waals surface area (Å²) in [6, 6.07) is 5.56. The average Bonchev–Trinajstić information content (AvgIpc) is 2.88. The Bertz CT molecular complexity index is 601. The number of hydrogen-bond acceptors (Lipinski definition) is 3. The van der Waals surface area contributed by atoms with Crippen molar-refractivity contribution >= 4 is 17.0 Å². The molecule has 3 rings (SSSR count). The Morgan fingerprint density at radius 1 is 1.53 bits per heavy atom. The van der Waals surface area contributed by atoms with E-state index in [1.54, 1.807) is 12.1 Å². The number of fused-ring (bicyclic) bond motifs is 3. The largest absolute Gasteiger partial charge is 0.465 e. The van der Waals surface area contributed by atoms with Crippen LogP contribution in [0.25, 0.3) is 11.0 Å². The molecule has 1 aliphatic heterocycles. The van der Waals surface area contributed by atoms with Gasteiger partial charge < -0.3 is 9.30 Å². The summed E-state index contributed by atoms with van der Waals surface area (Å²) in [6.45, 7) is 3.20. The third-order valence-corrected chi connectivity index (χ3v) is 3.43. The SMILES string of the molecule is COC(=O)c1ccc2c(c1)nc1n2CC[C@H]1C. The molecule has 1 aromatic heterocycles. The van der Waals surface area contributed by atoms with Crippen LogP contribution < -0.4 is 0 Å². The second-order valence-corrected chi connectivity index (χ2v) is 4.51. The van der Waals surface area contributed by atoms with Gasteiger partial charge in [-0.2, -0.15) is 0 Å². The Morgan fingerprint density at radius 3 is 3.12 bits per heavy atom. The number of nitrogens with zero attached hydrogens (tertiary/aromatic N) is 2. The first-order chi connectivity index (χ1) is 8.20. The zero-order valence-electron chi connectivity index (χ0n) is 9.93. The third kappa shape index (κ3) is 1.44. The number of rotatable bonds is 1. The van der Waals surface area contributed by atoms with Crippen molar-refractivity contribution in [2.24, 2.45) is 0 Å². The summed E-state index contributed by atoms with van der Waals surface area (Å²) in [5.74, 6) is 1.32. The quantitative estimate of drug-likeness (QED) is 0.706. The van der Waals surface area contributed by atoms with Gasteiger partial charge in [-0.3, -0.25) is 0 Å². The van der Waals surface area contributed by atoms with Crippen LogP contribution >= 0.6 is 0 Å². The van der Waals surface area contributed by atoms with Crippen LogP contribution in [-0.4, -0.2) is 22.6 Å². The van der Waals surface area contributed by atoms with E-state index < -0.39 is 0 Å². The van der Waals surface area contributed by atoms with Crippen molar-refractivity contribution in [2.45, 2.75) is 25.8 Å². The molecular formula is C13H14N2O2. The second-order valence-electron chi connectivity index (χ2n) is 4.51. The van der Waals surface area contributed by atoms with Gasteiger partial charge in [0.05, 0.1) is 23.7 Å². The van der Waals surface area contributed by atoms with Crippen LogP contribution in [-0.2, 0) is 11.3 Å². The molecule has 0 radical (unpaired) electrons. The summed E-state index contributed by atoms with van der Waals surface area (Å²) >= 11 is 0. The zero-order valence-corrected chi connectivity index (χ0v) is 9.93. The summed E-state index contributed by atoms with van der Waals surface area (Å²) in [5, 5.41) is 0. The van der Waals surface area contributed by atoms with Gasteiger partial charge in [0.15, 0.2) is 0 Å². The fraction of sp³-hybridized carbons (Fsp3) is 0.385. The summed E-state index contributed by atoms with van der Waals surface area (Å²) in [7, 11) is 1.39. The Balaban J connectivity index is 2.16. The summed E-state index contributed by atoms with van der Waals surface area (Å²) in [6.07, 6.45) is 1.15. The van der Waals surface area contributed by atoms with E-state index in [-0.39, 0.29) is 5.97 Å². The van der Waals surface area contributed by atoms with E-state index in [1.807, 2.05) is 6.07 Å². The Morgan fingerprint density at radius 2 is 2.35 bits per heavy atom. The van der Waals surface area contributed by atoms with Crippen molar-refractivity contribution in [2.75, 3.05) is 7.11 Å². The topological polar surface area (TPSA) is 44.1 Å². The normalized spacial score (nSPS) is 18.4. The van der Waals surface area contributed by atoms with Crippen molar-refractivity contribution in [3.63, 3.8) is 0 Å². The number of aryl methyl sites for hydroxylation is 1. The minimum Gasteiger partial charge on any atom is -0.465 e. The molecule has 0 aliphatic carbocycles. The van der Waals surface area contributed by atoms with Crippen molar-refractivity contribution in [3.05, 3.63) is 29.6 Å². The molecule has 0 bridgehead atoms. The van der Waals surface area contributed by atoms with Gasteiger partial charge in [-0.25, -0.2) is 9.78 Å². The van der Waals surface area contributed by atoms with E-state index in [0.717, 1.165) is 29.8 Å². The highest BCUT2D eigenvalue weighted by Gasteiger charge is 2.23.